The second-order valence-electron chi connectivity index (χ2n) is 5.23. The molecule has 1 atom stereocenters. The number of esters is 1. The van der Waals surface area contributed by atoms with Crippen LogP contribution in [0, 0.1) is 13.8 Å². The van der Waals surface area contributed by atoms with Crippen LogP contribution in [0.25, 0.3) is 0 Å². The minimum atomic E-state index is -1.03. The molecule has 0 saturated heterocycles. The van der Waals surface area contributed by atoms with Crippen molar-refractivity contribution in [1.82, 2.24) is 0 Å². The Morgan fingerprint density at radius 2 is 1.57 bits per heavy atom. The van der Waals surface area contributed by atoms with Gasteiger partial charge in [-0.05, 0) is 56.2 Å². The molecule has 23 heavy (non-hydrogen) atoms. The van der Waals surface area contributed by atoms with Gasteiger partial charge in [0.1, 0.15) is 11.5 Å². The monoisotopic (exact) mass is 314 g/mol. The van der Waals surface area contributed by atoms with E-state index in [-0.39, 0.29) is 11.3 Å². The molecule has 0 bridgehead atoms. The van der Waals surface area contributed by atoms with Crippen molar-refractivity contribution in [3.8, 4) is 11.5 Å². The van der Waals surface area contributed by atoms with E-state index in [9.17, 15) is 9.59 Å². The number of ether oxygens (including phenoxy) is 2. The van der Waals surface area contributed by atoms with Crippen LogP contribution in [-0.4, -0.2) is 23.1 Å². The Balaban J connectivity index is 2.04. The minimum Gasteiger partial charge on any atom is -0.478 e. The highest BCUT2D eigenvalue weighted by Gasteiger charge is 2.19. The minimum absolute atomic E-state index is 0.129. The molecule has 2 aromatic carbocycles. The van der Waals surface area contributed by atoms with Crippen LogP contribution >= 0.6 is 0 Å². The zero-order valence-electron chi connectivity index (χ0n) is 13.2. The van der Waals surface area contributed by atoms with Gasteiger partial charge in [0.05, 0.1) is 5.56 Å². The van der Waals surface area contributed by atoms with Crippen molar-refractivity contribution in [3.63, 3.8) is 0 Å². The maximum absolute atomic E-state index is 12.1. The molecule has 0 spiro atoms. The number of benzene rings is 2. The van der Waals surface area contributed by atoms with Gasteiger partial charge < -0.3 is 14.6 Å². The van der Waals surface area contributed by atoms with Crippen LogP contribution in [-0.2, 0) is 4.79 Å². The van der Waals surface area contributed by atoms with Crippen LogP contribution in [0.5, 0.6) is 11.5 Å². The number of rotatable bonds is 5. The predicted octanol–water partition coefficient (Wildman–Crippen LogP) is 3.37. The first-order chi connectivity index (χ1) is 10.9. The van der Waals surface area contributed by atoms with Gasteiger partial charge in [0.2, 0.25) is 0 Å². The molecule has 0 heterocycles. The van der Waals surface area contributed by atoms with E-state index in [0.29, 0.717) is 5.75 Å². The third-order valence-electron chi connectivity index (χ3n) is 3.36. The van der Waals surface area contributed by atoms with Crippen LogP contribution < -0.4 is 9.47 Å². The summed E-state index contributed by atoms with van der Waals surface area (Å²) in [5, 5.41) is 8.83. The lowest BCUT2D eigenvalue weighted by molar-refractivity contribution is -0.141. The summed E-state index contributed by atoms with van der Waals surface area (Å²) in [6.07, 6.45) is -0.783. The molecule has 120 valence electrons. The second-order valence-corrected chi connectivity index (χ2v) is 5.23. The second kappa shape index (κ2) is 6.96. The lowest BCUT2D eigenvalue weighted by atomic mass is 10.1. The van der Waals surface area contributed by atoms with E-state index in [1.807, 2.05) is 32.0 Å². The Morgan fingerprint density at radius 3 is 2.09 bits per heavy atom. The number of para-hydroxylation sites is 1. The molecule has 0 aliphatic carbocycles. The van der Waals surface area contributed by atoms with E-state index in [1.54, 1.807) is 6.92 Å². The highest BCUT2D eigenvalue weighted by molar-refractivity contribution is 5.87. The topological polar surface area (TPSA) is 72.8 Å². The van der Waals surface area contributed by atoms with E-state index in [2.05, 4.69) is 0 Å². The molecule has 5 heteroatoms. The Hall–Kier alpha value is -2.82. The zero-order chi connectivity index (χ0) is 17.0. The molecule has 1 N–H and O–H groups in total. The van der Waals surface area contributed by atoms with Gasteiger partial charge in [0.25, 0.3) is 0 Å². The summed E-state index contributed by atoms with van der Waals surface area (Å²) in [4.78, 5) is 22.9. The quantitative estimate of drug-likeness (QED) is 0.676. The van der Waals surface area contributed by atoms with E-state index < -0.39 is 18.0 Å². The molecular weight excluding hydrogens is 296 g/mol. The first-order valence-corrected chi connectivity index (χ1v) is 7.16. The third-order valence-corrected chi connectivity index (χ3v) is 3.36. The highest BCUT2D eigenvalue weighted by atomic mass is 16.6. The van der Waals surface area contributed by atoms with Crippen molar-refractivity contribution in [2.24, 2.45) is 0 Å². The molecule has 0 radical (unpaired) electrons. The van der Waals surface area contributed by atoms with Crippen LogP contribution in [0.3, 0.4) is 0 Å². The molecule has 0 aromatic heterocycles. The average molecular weight is 314 g/mol. The van der Waals surface area contributed by atoms with Gasteiger partial charge in [-0.2, -0.15) is 0 Å². The molecule has 1 unspecified atom stereocenters. The molecule has 2 rings (SSSR count). The standard InChI is InChI=1S/C18H18O5/c1-11-5-4-6-12(2)16(11)22-13(3)18(21)23-15-9-7-14(8-10-15)17(19)20/h4-10,13H,1-3H3,(H,19,20). The van der Waals surface area contributed by atoms with Gasteiger partial charge >= 0.3 is 11.9 Å². The number of carbonyl (C=O) groups is 2. The van der Waals surface area contributed by atoms with Crippen LogP contribution in [0.4, 0.5) is 0 Å². The summed E-state index contributed by atoms with van der Waals surface area (Å²) >= 11 is 0. The molecule has 0 saturated carbocycles. The summed E-state index contributed by atoms with van der Waals surface area (Å²) in [7, 11) is 0. The average Bonchev–Trinajstić information content (AvgIpc) is 2.51. The first-order valence-electron chi connectivity index (χ1n) is 7.16. The third kappa shape index (κ3) is 4.10. The Bertz CT molecular complexity index is 698. The number of hydrogen-bond donors (Lipinski definition) is 1. The van der Waals surface area contributed by atoms with E-state index in [4.69, 9.17) is 14.6 Å². The Labute approximate surface area is 134 Å². The van der Waals surface area contributed by atoms with Crippen LogP contribution in [0.1, 0.15) is 28.4 Å². The number of aryl methyl sites for hydroxylation is 2. The van der Waals surface area contributed by atoms with Crippen molar-refractivity contribution >= 4 is 11.9 Å². The Morgan fingerprint density at radius 1 is 1.00 bits per heavy atom. The van der Waals surface area contributed by atoms with Gasteiger partial charge in [-0.3, -0.25) is 0 Å². The van der Waals surface area contributed by atoms with Gasteiger partial charge in [-0.25, -0.2) is 9.59 Å². The SMILES string of the molecule is Cc1cccc(C)c1OC(C)C(=O)Oc1ccc(C(=O)O)cc1. The molecule has 0 aliphatic rings. The summed E-state index contributed by atoms with van der Waals surface area (Å²) in [5.74, 6) is -0.638. The smallest absolute Gasteiger partial charge is 0.352 e. The molecule has 0 amide bonds. The maximum Gasteiger partial charge on any atom is 0.352 e. The zero-order valence-corrected chi connectivity index (χ0v) is 13.2. The fourth-order valence-electron chi connectivity index (χ4n) is 2.07. The molecule has 0 fully saturated rings. The fourth-order valence-corrected chi connectivity index (χ4v) is 2.07. The molecule has 5 nitrogen and oxygen atoms in total. The van der Waals surface area contributed by atoms with Crippen molar-refractivity contribution in [1.29, 1.82) is 0 Å². The number of carboxylic acids is 1. The van der Waals surface area contributed by atoms with E-state index in [1.165, 1.54) is 24.3 Å². The fraction of sp³-hybridized carbons (Fsp3) is 0.222. The summed E-state index contributed by atoms with van der Waals surface area (Å²) in [5.41, 5.74) is 2.01. The maximum atomic E-state index is 12.1. The van der Waals surface area contributed by atoms with Crippen molar-refractivity contribution < 1.29 is 24.2 Å². The molecule has 2 aromatic rings. The van der Waals surface area contributed by atoms with Gasteiger partial charge in [-0.1, -0.05) is 18.2 Å². The lowest BCUT2D eigenvalue weighted by Crippen LogP contribution is -2.29. The largest absolute Gasteiger partial charge is 0.478 e. The number of aromatic carboxylic acids is 1. The Kier molecular flexibility index (Phi) is 5.01. The van der Waals surface area contributed by atoms with Crippen molar-refractivity contribution in [3.05, 3.63) is 59.2 Å². The van der Waals surface area contributed by atoms with Crippen LogP contribution in [0.15, 0.2) is 42.5 Å². The van der Waals surface area contributed by atoms with Crippen LogP contribution in [0.2, 0.25) is 0 Å². The summed E-state index contributed by atoms with van der Waals surface area (Å²) in [6, 6.07) is 11.4. The van der Waals surface area contributed by atoms with E-state index >= 15 is 0 Å². The van der Waals surface area contributed by atoms with Gasteiger partial charge in [0, 0.05) is 0 Å². The normalized spacial score (nSPS) is 11.6. The summed E-state index contributed by atoms with van der Waals surface area (Å²) < 4.78 is 10.9. The predicted molar refractivity (Wildman–Crippen MR) is 85.0 cm³/mol. The summed E-state index contributed by atoms with van der Waals surface area (Å²) in [6.45, 7) is 5.43. The number of carbonyl (C=O) groups excluding carboxylic acids is 1. The lowest BCUT2D eigenvalue weighted by Gasteiger charge is -2.17. The number of hydrogen-bond acceptors (Lipinski definition) is 4. The number of carboxylic acid groups (broad SMARTS) is 1. The van der Waals surface area contributed by atoms with Crippen molar-refractivity contribution in [2.45, 2.75) is 26.9 Å². The highest BCUT2D eigenvalue weighted by Crippen LogP contribution is 2.24. The molecule has 0 aliphatic heterocycles. The first kappa shape index (κ1) is 16.5. The molecular formula is C18H18O5. The van der Waals surface area contributed by atoms with E-state index in [0.717, 1.165) is 11.1 Å². The van der Waals surface area contributed by atoms with Gasteiger partial charge in [0.15, 0.2) is 6.10 Å². The van der Waals surface area contributed by atoms with Gasteiger partial charge in [-0.15, -0.1) is 0 Å². The van der Waals surface area contributed by atoms with Crippen molar-refractivity contribution in [2.75, 3.05) is 0 Å².